The zero-order valence-electron chi connectivity index (χ0n) is 21.1. The van der Waals surface area contributed by atoms with E-state index in [1.807, 2.05) is 0 Å². The number of imide groups is 1. The molecule has 0 spiro atoms. The van der Waals surface area contributed by atoms with E-state index in [1.54, 1.807) is 13.8 Å². The Morgan fingerprint density at radius 1 is 0.900 bits per heavy atom. The summed E-state index contributed by atoms with van der Waals surface area (Å²) in [4.78, 5) is 60.8. The van der Waals surface area contributed by atoms with E-state index in [-0.39, 0.29) is 33.5 Å². The number of rotatable bonds is 8. The summed E-state index contributed by atoms with van der Waals surface area (Å²) in [5, 5.41) is 2.75. The van der Waals surface area contributed by atoms with Gasteiger partial charge < -0.3 is 16.8 Å². The second-order valence-electron chi connectivity index (χ2n) is 9.08. The van der Waals surface area contributed by atoms with Crippen LogP contribution in [0.2, 0.25) is 0 Å². The summed E-state index contributed by atoms with van der Waals surface area (Å²) in [5.41, 5.74) is 5.46. The number of hydrogen-bond donors (Lipinski definition) is 3. The molecule has 5 N–H and O–H groups in total. The highest BCUT2D eigenvalue weighted by atomic mass is 32.2. The number of hydrogen-bond acceptors (Lipinski definition) is 7. The van der Waals surface area contributed by atoms with Crippen molar-refractivity contribution >= 4 is 41.2 Å². The van der Waals surface area contributed by atoms with E-state index in [2.05, 4.69) is 15.3 Å². The number of carbonyl (C=O) groups is 4. The quantitative estimate of drug-likeness (QED) is 0.274. The Bertz CT molecular complexity index is 1430. The first kappa shape index (κ1) is 28.5. The normalized spacial score (nSPS) is 18.8. The van der Waals surface area contributed by atoms with Crippen LogP contribution in [-0.4, -0.2) is 44.8 Å². The summed E-state index contributed by atoms with van der Waals surface area (Å²) in [5.74, 6) is -4.25. The molecule has 2 aromatic heterocycles. The molecule has 1 saturated heterocycles. The molecule has 0 saturated carbocycles. The Balaban J connectivity index is 1.88. The second-order valence-corrected chi connectivity index (χ2v) is 10.2. The molecule has 0 aliphatic carbocycles. The first-order chi connectivity index (χ1) is 18.8. The minimum absolute atomic E-state index is 0.0143. The van der Waals surface area contributed by atoms with Crippen molar-refractivity contribution < 1.29 is 32.3 Å². The number of urea groups is 1. The van der Waals surface area contributed by atoms with Gasteiger partial charge >= 0.3 is 11.5 Å². The van der Waals surface area contributed by atoms with Gasteiger partial charge in [0.1, 0.15) is 5.54 Å². The molecule has 1 aliphatic heterocycles. The van der Waals surface area contributed by atoms with Gasteiger partial charge in [-0.05, 0) is 59.3 Å². The predicted molar refractivity (Wildman–Crippen MR) is 139 cm³/mol. The monoisotopic (exact) mass is 572 g/mol. The lowest BCUT2D eigenvalue weighted by atomic mass is 9.68. The van der Waals surface area contributed by atoms with Crippen molar-refractivity contribution in [1.29, 1.82) is 0 Å². The number of aromatic nitrogens is 2. The van der Waals surface area contributed by atoms with Crippen LogP contribution in [0.3, 0.4) is 0 Å². The molecule has 3 heterocycles. The van der Waals surface area contributed by atoms with Gasteiger partial charge in [0.15, 0.2) is 0 Å². The molecular weight excluding hydrogens is 549 g/mol. The minimum Gasteiger partial charge on any atom is -0.366 e. The molecule has 1 aliphatic rings. The van der Waals surface area contributed by atoms with E-state index in [0.29, 0.717) is 11.1 Å². The number of halogens is 3. The lowest BCUT2D eigenvalue weighted by molar-refractivity contribution is -0.123. The van der Waals surface area contributed by atoms with Crippen molar-refractivity contribution in [3.8, 4) is 0 Å². The highest BCUT2D eigenvalue weighted by molar-refractivity contribution is 8.00. The van der Waals surface area contributed by atoms with Crippen LogP contribution in [0, 0.1) is 0 Å². The fourth-order valence-corrected chi connectivity index (χ4v) is 5.56. The van der Waals surface area contributed by atoms with Gasteiger partial charge in [-0.1, -0.05) is 13.8 Å². The van der Waals surface area contributed by atoms with E-state index in [1.165, 1.54) is 49.1 Å². The highest BCUT2D eigenvalue weighted by Crippen LogP contribution is 2.46. The van der Waals surface area contributed by atoms with Gasteiger partial charge in [-0.3, -0.25) is 24.4 Å². The lowest BCUT2D eigenvalue weighted by Crippen LogP contribution is -2.55. The Kier molecular flexibility index (Phi) is 7.57. The molecule has 1 aromatic carbocycles. The third-order valence-corrected chi connectivity index (χ3v) is 7.68. The zero-order valence-corrected chi connectivity index (χ0v) is 21.9. The van der Waals surface area contributed by atoms with Crippen LogP contribution in [0.15, 0.2) is 66.1 Å². The number of amides is 5. The van der Waals surface area contributed by atoms with Crippen molar-refractivity contribution in [2.45, 2.75) is 41.6 Å². The van der Waals surface area contributed by atoms with Crippen molar-refractivity contribution in [2.24, 2.45) is 11.5 Å². The minimum atomic E-state index is -4.52. The number of primary amides is 2. The van der Waals surface area contributed by atoms with Gasteiger partial charge in [0.2, 0.25) is 0 Å². The van der Waals surface area contributed by atoms with E-state index >= 15 is 0 Å². The molecule has 1 fully saturated rings. The fourth-order valence-electron chi connectivity index (χ4n) is 5.02. The molecule has 4 rings (SSSR count). The van der Waals surface area contributed by atoms with Crippen molar-refractivity contribution in [3.05, 3.63) is 83.4 Å². The zero-order chi connectivity index (χ0) is 29.4. The summed E-state index contributed by atoms with van der Waals surface area (Å²) in [6.45, 7) is 3.21. The maximum atomic E-state index is 14.3. The van der Waals surface area contributed by atoms with E-state index in [0.717, 1.165) is 17.0 Å². The molecule has 2 unspecified atom stereocenters. The smallest absolute Gasteiger partial charge is 0.366 e. The molecule has 40 heavy (non-hydrogen) atoms. The van der Waals surface area contributed by atoms with Crippen molar-refractivity contribution in [3.63, 3.8) is 0 Å². The number of anilines is 1. The molecule has 0 radical (unpaired) electrons. The van der Waals surface area contributed by atoms with Gasteiger partial charge in [-0.15, -0.1) is 0 Å². The van der Waals surface area contributed by atoms with Crippen LogP contribution in [0.1, 0.15) is 57.5 Å². The number of thioether (sulfide) groups is 1. The SMILES string of the molecule is CC(c1ccncc1C(N)=O)C1(C(C)c2ccncc2C(N)=O)NC(=O)N(c2ccc(SC(F)(F)F)cc2)C1=O. The van der Waals surface area contributed by atoms with Crippen LogP contribution in [-0.2, 0) is 4.79 Å². The summed E-state index contributed by atoms with van der Waals surface area (Å²) in [6, 6.07) is 6.85. The molecule has 0 bridgehead atoms. The number of nitrogens with two attached hydrogens (primary N) is 2. The maximum Gasteiger partial charge on any atom is 0.446 e. The molecule has 14 heteroatoms. The highest BCUT2D eigenvalue weighted by Gasteiger charge is 2.59. The predicted octanol–water partition coefficient (Wildman–Crippen LogP) is 3.69. The second kappa shape index (κ2) is 10.6. The van der Waals surface area contributed by atoms with E-state index in [9.17, 15) is 32.3 Å². The molecule has 208 valence electrons. The van der Waals surface area contributed by atoms with E-state index < -0.39 is 46.6 Å². The van der Waals surface area contributed by atoms with Crippen LogP contribution in [0.4, 0.5) is 23.7 Å². The molecule has 2 atom stereocenters. The topological polar surface area (TPSA) is 161 Å². The van der Waals surface area contributed by atoms with Gasteiger partial charge in [0.25, 0.3) is 17.7 Å². The maximum absolute atomic E-state index is 14.3. The number of nitrogens with one attached hydrogen (secondary N) is 1. The molecule has 10 nitrogen and oxygen atoms in total. The van der Waals surface area contributed by atoms with E-state index in [4.69, 9.17) is 11.5 Å². The van der Waals surface area contributed by atoms with Crippen LogP contribution in [0.5, 0.6) is 0 Å². The summed E-state index contributed by atoms with van der Waals surface area (Å²) < 4.78 is 38.4. The Morgan fingerprint density at radius 2 is 1.38 bits per heavy atom. The van der Waals surface area contributed by atoms with Gasteiger partial charge in [-0.2, -0.15) is 13.2 Å². The number of benzene rings is 1. The summed E-state index contributed by atoms with van der Waals surface area (Å²) in [6.07, 6.45) is 5.27. The Labute approximate surface area is 230 Å². The van der Waals surface area contributed by atoms with Crippen LogP contribution in [0.25, 0.3) is 0 Å². The molecule has 3 aromatic rings. The Morgan fingerprint density at radius 3 is 1.80 bits per heavy atom. The van der Waals surface area contributed by atoms with Crippen molar-refractivity contribution in [1.82, 2.24) is 15.3 Å². The van der Waals surface area contributed by atoms with Gasteiger partial charge in [-0.25, -0.2) is 9.69 Å². The fraction of sp³-hybridized carbons (Fsp3) is 0.231. The summed E-state index contributed by atoms with van der Waals surface area (Å²) in [7, 11) is 0. The standard InChI is InChI=1S/C26H23F3N6O4S/c1-13(17-7-9-32-11-19(17)21(30)36)25(14(2)18-8-10-33-12-20(18)22(31)37)23(38)35(24(39)34-25)15-3-5-16(6-4-15)40-26(27,28)29/h3-14H,1-2H3,(H2,30,36)(H2,31,37)(H,34,39). The first-order valence-corrected chi connectivity index (χ1v) is 12.6. The van der Waals surface area contributed by atoms with Crippen LogP contribution >= 0.6 is 11.8 Å². The lowest BCUT2D eigenvalue weighted by Gasteiger charge is -2.39. The molecule has 5 amide bonds. The Hall–Kier alpha value is -4.46. The van der Waals surface area contributed by atoms with Crippen molar-refractivity contribution in [2.75, 3.05) is 4.90 Å². The number of alkyl halides is 3. The van der Waals surface area contributed by atoms with Gasteiger partial charge in [0, 0.05) is 41.5 Å². The average molecular weight is 573 g/mol. The average Bonchev–Trinajstić information content (AvgIpc) is 3.17. The largest absolute Gasteiger partial charge is 0.446 e. The number of pyridine rings is 2. The molecular formula is C26H23F3N6O4S. The third kappa shape index (κ3) is 5.09. The first-order valence-electron chi connectivity index (χ1n) is 11.8. The van der Waals surface area contributed by atoms with Crippen LogP contribution < -0.4 is 21.7 Å². The number of nitrogens with zero attached hydrogens (tertiary/aromatic N) is 3. The van der Waals surface area contributed by atoms with Gasteiger partial charge in [0.05, 0.1) is 16.8 Å². The third-order valence-electron chi connectivity index (χ3n) is 6.94. The summed E-state index contributed by atoms with van der Waals surface area (Å²) >= 11 is -0.337. The number of carbonyl (C=O) groups excluding carboxylic acids is 4.